The molecule has 0 bridgehead atoms. The lowest BCUT2D eigenvalue weighted by Crippen LogP contribution is -2.15. The van der Waals surface area contributed by atoms with Crippen LogP contribution in [0.4, 0.5) is 0 Å². The molecule has 67 valence electrons. The molecule has 0 fully saturated rings. The van der Waals surface area contributed by atoms with Gasteiger partial charge in [-0.3, -0.25) is 0 Å². The van der Waals surface area contributed by atoms with Gasteiger partial charge in [-0.25, -0.2) is 0 Å². The van der Waals surface area contributed by atoms with Crippen molar-refractivity contribution >= 4 is 0 Å². The third kappa shape index (κ3) is 9.96. The largest absolute Gasteiger partial charge is 0.317 e. The minimum absolute atomic E-state index is 1.01. The van der Waals surface area contributed by atoms with Gasteiger partial charge in [0.25, 0.3) is 0 Å². The molecule has 0 atom stereocenters. The van der Waals surface area contributed by atoms with Crippen LogP contribution in [0.5, 0.6) is 0 Å². The fraction of sp³-hybridized carbons (Fsp3) is 0.900. The van der Waals surface area contributed by atoms with Crippen molar-refractivity contribution in [2.75, 3.05) is 13.1 Å². The molecule has 1 nitrogen and oxygen atoms in total. The van der Waals surface area contributed by atoms with Crippen molar-refractivity contribution < 1.29 is 0 Å². The van der Waals surface area contributed by atoms with Gasteiger partial charge < -0.3 is 5.32 Å². The Hall–Kier alpha value is -0.0400. The maximum atomic E-state index is 3.77. The van der Waals surface area contributed by atoms with Crippen LogP contribution in [0.15, 0.2) is 0 Å². The molecule has 0 aromatic carbocycles. The Balaban J connectivity index is 2.69. The Labute approximate surface area is 71.6 Å². The van der Waals surface area contributed by atoms with Gasteiger partial charge in [0.05, 0.1) is 0 Å². The van der Waals surface area contributed by atoms with Crippen LogP contribution in [0.25, 0.3) is 0 Å². The zero-order chi connectivity index (χ0) is 8.36. The lowest BCUT2D eigenvalue weighted by atomic mass is 10.1. The van der Waals surface area contributed by atoms with Gasteiger partial charge in [-0.2, -0.15) is 0 Å². The van der Waals surface area contributed by atoms with E-state index < -0.39 is 0 Å². The third-order valence-corrected chi connectivity index (χ3v) is 1.81. The van der Waals surface area contributed by atoms with Crippen LogP contribution < -0.4 is 5.32 Å². The van der Waals surface area contributed by atoms with E-state index in [1.807, 2.05) is 0 Å². The van der Waals surface area contributed by atoms with E-state index in [0.717, 1.165) is 13.0 Å². The summed E-state index contributed by atoms with van der Waals surface area (Å²) in [6.45, 7) is 8.28. The molecule has 0 aromatic rings. The summed E-state index contributed by atoms with van der Waals surface area (Å²) in [4.78, 5) is 0. The highest BCUT2D eigenvalue weighted by Crippen LogP contribution is 2.00. The SMILES string of the molecule is [CH2]CCNCCCCCCC. The molecule has 0 spiro atoms. The predicted octanol–water partition coefficient (Wildman–Crippen LogP) is 2.77. The normalized spacial score (nSPS) is 10.4. The standard InChI is InChI=1S/C10H22N/c1-3-5-6-7-8-10-11-9-4-2/h11H,2-10H2,1H3. The average molecular weight is 156 g/mol. The first-order valence-electron chi connectivity index (χ1n) is 4.91. The van der Waals surface area contributed by atoms with Crippen molar-refractivity contribution in [2.24, 2.45) is 0 Å². The van der Waals surface area contributed by atoms with Gasteiger partial charge in [0, 0.05) is 0 Å². The van der Waals surface area contributed by atoms with Crippen molar-refractivity contribution in [3.05, 3.63) is 6.92 Å². The number of hydrogen-bond acceptors (Lipinski definition) is 1. The fourth-order valence-electron chi connectivity index (χ4n) is 1.10. The maximum absolute atomic E-state index is 3.77. The van der Waals surface area contributed by atoms with Crippen LogP contribution in [0.1, 0.15) is 45.4 Å². The lowest BCUT2D eigenvalue weighted by Gasteiger charge is -2.01. The molecule has 1 heteroatoms. The predicted molar refractivity (Wildman–Crippen MR) is 51.6 cm³/mol. The van der Waals surface area contributed by atoms with E-state index in [0.29, 0.717) is 0 Å². The van der Waals surface area contributed by atoms with Crippen LogP contribution >= 0.6 is 0 Å². The maximum Gasteiger partial charge on any atom is -0.00489 e. The molecule has 1 radical (unpaired) electrons. The van der Waals surface area contributed by atoms with E-state index in [9.17, 15) is 0 Å². The highest BCUT2D eigenvalue weighted by Gasteiger charge is 1.87. The Morgan fingerprint density at radius 3 is 2.36 bits per heavy atom. The van der Waals surface area contributed by atoms with Crippen molar-refractivity contribution in [3.8, 4) is 0 Å². The fourth-order valence-corrected chi connectivity index (χ4v) is 1.10. The average Bonchev–Trinajstić information content (AvgIpc) is 2.03. The van der Waals surface area contributed by atoms with Crippen LogP contribution in [-0.2, 0) is 0 Å². The van der Waals surface area contributed by atoms with Crippen LogP contribution in [0.3, 0.4) is 0 Å². The monoisotopic (exact) mass is 156 g/mol. The second kappa shape index (κ2) is 9.96. The molecule has 0 aromatic heterocycles. The summed E-state index contributed by atoms with van der Waals surface area (Å²) in [6.07, 6.45) is 7.87. The molecule has 0 rings (SSSR count). The zero-order valence-electron chi connectivity index (χ0n) is 7.86. The second-order valence-corrected chi connectivity index (χ2v) is 3.02. The minimum Gasteiger partial charge on any atom is -0.317 e. The molecular weight excluding hydrogens is 134 g/mol. The van der Waals surface area contributed by atoms with Gasteiger partial charge in [0.2, 0.25) is 0 Å². The Morgan fingerprint density at radius 1 is 1.00 bits per heavy atom. The van der Waals surface area contributed by atoms with Crippen molar-refractivity contribution in [2.45, 2.75) is 45.4 Å². The van der Waals surface area contributed by atoms with Gasteiger partial charge in [-0.15, -0.1) is 0 Å². The van der Waals surface area contributed by atoms with E-state index in [1.54, 1.807) is 0 Å². The molecule has 11 heavy (non-hydrogen) atoms. The van der Waals surface area contributed by atoms with E-state index in [4.69, 9.17) is 0 Å². The van der Waals surface area contributed by atoms with Gasteiger partial charge >= 0.3 is 0 Å². The molecule has 1 N–H and O–H groups in total. The summed E-state index contributed by atoms with van der Waals surface area (Å²) in [7, 11) is 0. The molecule has 0 saturated heterocycles. The van der Waals surface area contributed by atoms with E-state index in [2.05, 4.69) is 19.2 Å². The highest BCUT2D eigenvalue weighted by molar-refractivity contribution is 4.49. The highest BCUT2D eigenvalue weighted by atomic mass is 14.8. The number of hydrogen-bond donors (Lipinski definition) is 1. The quantitative estimate of drug-likeness (QED) is 0.533. The van der Waals surface area contributed by atoms with Crippen molar-refractivity contribution in [3.63, 3.8) is 0 Å². The van der Waals surface area contributed by atoms with E-state index in [1.165, 1.54) is 38.6 Å². The first-order valence-corrected chi connectivity index (χ1v) is 4.91. The smallest absolute Gasteiger partial charge is 0.00489 e. The Bertz CT molecular complexity index is 53.9. The number of nitrogens with one attached hydrogen (secondary N) is 1. The summed E-state index contributed by atoms with van der Waals surface area (Å²) >= 11 is 0. The van der Waals surface area contributed by atoms with Gasteiger partial charge in [-0.05, 0) is 25.9 Å². The van der Waals surface area contributed by atoms with Crippen molar-refractivity contribution in [1.82, 2.24) is 5.32 Å². The number of unbranched alkanes of at least 4 members (excludes halogenated alkanes) is 4. The van der Waals surface area contributed by atoms with E-state index in [-0.39, 0.29) is 0 Å². The molecule has 0 heterocycles. The van der Waals surface area contributed by atoms with Gasteiger partial charge in [0.1, 0.15) is 0 Å². The van der Waals surface area contributed by atoms with Crippen molar-refractivity contribution in [1.29, 1.82) is 0 Å². The zero-order valence-corrected chi connectivity index (χ0v) is 7.86. The summed E-state index contributed by atoms with van der Waals surface area (Å²) in [5, 5.41) is 3.35. The molecule has 0 aliphatic heterocycles. The molecule has 0 saturated carbocycles. The topological polar surface area (TPSA) is 12.0 Å². The molecular formula is C10H22N. The summed E-state index contributed by atoms with van der Waals surface area (Å²) in [5.74, 6) is 0. The number of rotatable bonds is 8. The third-order valence-electron chi connectivity index (χ3n) is 1.81. The lowest BCUT2D eigenvalue weighted by molar-refractivity contribution is 0.586. The van der Waals surface area contributed by atoms with Crippen LogP contribution in [0, 0.1) is 6.92 Å². The van der Waals surface area contributed by atoms with Gasteiger partial charge in [0.15, 0.2) is 0 Å². The molecule has 0 unspecified atom stereocenters. The first-order chi connectivity index (χ1) is 5.41. The van der Waals surface area contributed by atoms with Crippen LogP contribution in [-0.4, -0.2) is 13.1 Å². The van der Waals surface area contributed by atoms with E-state index >= 15 is 0 Å². The van der Waals surface area contributed by atoms with Gasteiger partial charge in [-0.1, -0.05) is 39.5 Å². The molecule has 0 aliphatic carbocycles. The molecule has 0 amide bonds. The Kier molecular flexibility index (Phi) is 9.92. The minimum atomic E-state index is 1.01. The summed E-state index contributed by atoms with van der Waals surface area (Å²) < 4.78 is 0. The summed E-state index contributed by atoms with van der Waals surface area (Å²) in [5.41, 5.74) is 0. The first kappa shape index (κ1) is 11.0. The summed E-state index contributed by atoms with van der Waals surface area (Å²) in [6, 6.07) is 0. The molecule has 0 aliphatic rings. The van der Waals surface area contributed by atoms with Crippen LogP contribution in [0.2, 0.25) is 0 Å². The Morgan fingerprint density at radius 2 is 1.73 bits per heavy atom. The second-order valence-electron chi connectivity index (χ2n) is 3.02.